The van der Waals surface area contributed by atoms with Crippen molar-refractivity contribution in [1.82, 2.24) is 3.71 Å². The number of non-ortho nitro benzene ring substituents is 1. The average Bonchev–Trinajstić information content (AvgIpc) is 2.83. The highest BCUT2D eigenvalue weighted by Crippen LogP contribution is 2.28. The van der Waals surface area contributed by atoms with E-state index in [-0.39, 0.29) is 22.0 Å². The fourth-order valence-corrected chi connectivity index (χ4v) is 7.45. The molecule has 0 aromatic heterocycles. The van der Waals surface area contributed by atoms with Gasteiger partial charge in [0.2, 0.25) is 0 Å². The van der Waals surface area contributed by atoms with Crippen molar-refractivity contribution in [1.29, 1.82) is 0 Å². The van der Waals surface area contributed by atoms with Crippen LogP contribution in [0.15, 0.2) is 76.5 Å². The molecule has 3 aromatic carbocycles. The number of rotatable bonds is 12. The second kappa shape index (κ2) is 11.1. The molecule has 8 nitrogen and oxygen atoms in total. The Labute approximate surface area is 200 Å². The lowest BCUT2D eigenvalue weighted by molar-refractivity contribution is -0.384. The van der Waals surface area contributed by atoms with E-state index in [0.29, 0.717) is 21.9 Å². The van der Waals surface area contributed by atoms with Crippen LogP contribution in [0.1, 0.15) is 45.4 Å². The van der Waals surface area contributed by atoms with Gasteiger partial charge in [-0.2, -0.15) is 0 Å². The van der Waals surface area contributed by atoms with Gasteiger partial charge in [0, 0.05) is 18.7 Å². The minimum Gasteiger partial charge on any atom is -0.258 e. The van der Waals surface area contributed by atoms with Crippen molar-refractivity contribution in [3.63, 3.8) is 0 Å². The number of nitro groups is 1. The van der Waals surface area contributed by atoms with Crippen LogP contribution in [0, 0.1) is 10.1 Å². The number of nitro benzene ring substituents is 1. The largest absolute Gasteiger partial charge is 0.269 e. The zero-order valence-electron chi connectivity index (χ0n) is 19.0. The lowest BCUT2D eigenvalue weighted by Crippen LogP contribution is -2.37. The van der Waals surface area contributed by atoms with Gasteiger partial charge in [-0.3, -0.25) is 10.1 Å². The van der Waals surface area contributed by atoms with E-state index in [4.69, 9.17) is 0 Å². The van der Waals surface area contributed by atoms with Crippen LogP contribution >= 0.6 is 0 Å². The number of hydrogen-bond acceptors (Lipinski definition) is 6. The van der Waals surface area contributed by atoms with E-state index in [1.54, 1.807) is 18.2 Å². The summed E-state index contributed by atoms with van der Waals surface area (Å²) >= 11 is 0. The number of sulfonamides is 2. The molecule has 0 aliphatic rings. The maximum absolute atomic E-state index is 13.6. The van der Waals surface area contributed by atoms with E-state index in [9.17, 15) is 26.9 Å². The third kappa shape index (κ3) is 5.81. The monoisotopic (exact) mass is 504 g/mol. The van der Waals surface area contributed by atoms with E-state index in [2.05, 4.69) is 6.92 Å². The molecule has 10 heteroatoms. The summed E-state index contributed by atoms with van der Waals surface area (Å²) in [6.45, 7) is 1.88. The summed E-state index contributed by atoms with van der Waals surface area (Å²) in [7, 11) is -8.89. The van der Waals surface area contributed by atoms with Gasteiger partial charge in [-0.05, 0) is 41.5 Å². The highest BCUT2D eigenvalue weighted by molar-refractivity contribution is 8.04. The smallest absolute Gasteiger partial charge is 0.258 e. The van der Waals surface area contributed by atoms with Crippen molar-refractivity contribution in [3.05, 3.63) is 76.8 Å². The van der Waals surface area contributed by atoms with Crippen molar-refractivity contribution in [2.24, 2.45) is 0 Å². The molecule has 0 saturated carbocycles. The lowest BCUT2D eigenvalue weighted by Gasteiger charge is -2.22. The maximum atomic E-state index is 13.6. The van der Waals surface area contributed by atoms with Crippen LogP contribution in [-0.2, 0) is 20.0 Å². The van der Waals surface area contributed by atoms with Crippen LogP contribution in [0.3, 0.4) is 0 Å². The topological polar surface area (TPSA) is 115 Å². The summed E-state index contributed by atoms with van der Waals surface area (Å²) in [4.78, 5) is 9.87. The minimum absolute atomic E-state index is 0.123. The first-order chi connectivity index (χ1) is 16.2. The van der Waals surface area contributed by atoms with Crippen LogP contribution < -0.4 is 0 Å². The molecule has 0 saturated heterocycles. The van der Waals surface area contributed by atoms with E-state index >= 15 is 0 Å². The van der Waals surface area contributed by atoms with Gasteiger partial charge in [-0.15, -0.1) is 0 Å². The van der Waals surface area contributed by atoms with Crippen molar-refractivity contribution in [2.75, 3.05) is 6.54 Å². The van der Waals surface area contributed by atoms with Crippen LogP contribution in [-0.4, -0.2) is 32.0 Å². The summed E-state index contributed by atoms with van der Waals surface area (Å²) < 4.78 is 54.6. The van der Waals surface area contributed by atoms with Gasteiger partial charge < -0.3 is 0 Å². The Morgan fingerprint density at radius 1 is 0.735 bits per heavy atom. The van der Waals surface area contributed by atoms with Gasteiger partial charge in [0.1, 0.15) is 0 Å². The normalized spacial score (nSPS) is 12.3. The molecular formula is C24H28N2O6S2. The summed E-state index contributed by atoms with van der Waals surface area (Å²) in [5.41, 5.74) is -0.279. The highest BCUT2D eigenvalue weighted by atomic mass is 32.3. The Bertz CT molecular complexity index is 1350. The van der Waals surface area contributed by atoms with E-state index in [0.717, 1.165) is 55.3 Å². The van der Waals surface area contributed by atoms with E-state index in [1.165, 1.54) is 12.1 Å². The van der Waals surface area contributed by atoms with Crippen molar-refractivity contribution < 1.29 is 21.8 Å². The molecule has 0 spiro atoms. The summed E-state index contributed by atoms with van der Waals surface area (Å²) in [6.07, 6.45) is 5.09. The molecule has 0 heterocycles. The Balaban J connectivity index is 1.98. The van der Waals surface area contributed by atoms with Gasteiger partial charge in [-0.1, -0.05) is 73.1 Å². The maximum Gasteiger partial charge on any atom is 0.269 e. The SMILES string of the molecule is CCCCCCCCN(S(=O)(=O)c1ccc([N+](=O)[O-])cc1)S(=O)(=O)c1ccc2ccccc2c1. The van der Waals surface area contributed by atoms with Crippen molar-refractivity contribution in [3.8, 4) is 0 Å². The molecule has 3 aromatic rings. The number of benzene rings is 3. The molecule has 182 valence electrons. The Kier molecular flexibility index (Phi) is 8.40. The fourth-order valence-electron chi connectivity index (χ4n) is 3.69. The minimum atomic E-state index is -4.48. The van der Waals surface area contributed by atoms with Crippen molar-refractivity contribution >= 4 is 36.5 Å². The summed E-state index contributed by atoms with van der Waals surface area (Å²) in [5, 5.41) is 12.5. The van der Waals surface area contributed by atoms with Crippen LogP contribution in [0.2, 0.25) is 0 Å². The molecule has 3 rings (SSSR count). The third-order valence-electron chi connectivity index (χ3n) is 5.59. The van der Waals surface area contributed by atoms with Gasteiger partial charge in [0.15, 0.2) is 0 Å². The summed E-state index contributed by atoms with van der Waals surface area (Å²) in [5.74, 6) is 0. The number of hydrogen-bond donors (Lipinski definition) is 0. The fraction of sp³-hybridized carbons (Fsp3) is 0.333. The molecule has 0 aliphatic carbocycles. The summed E-state index contributed by atoms with van der Waals surface area (Å²) in [6, 6.07) is 16.0. The van der Waals surface area contributed by atoms with Crippen molar-refractivity contribution in [2.45, 2.75) is 55.2 Å². The van der Waals surface area contributed by atoms with E-state index in [1.807, 2.05) is 12.1 Å². The lowest BCUT2D eigenvalue weighted by atomic mass is 10.1. The second-order valence-corrected chi connectivity index (χ2v) is 12.0. The molecule has 0 bridgehead atoms. The molecular weight excluding hydrogens is 476 g/mol. The predicted octanol–water partition coefficient (Wildman–Crippen LogP) is 5.49. The molecule has 0 amide bonds. The zero-order valence-corrected chi connectivity index (χ0v) is 20.6. The standard InChI is InChI=1S/C24H28N2O6S2/c1-2-3-4-5-6-9-18-25(33(29,30)23-16-13-22(14-17-23)26(27)28)34(31,32)24-15-12-20-10-7-8-11-21(20)19-24/h7-8,10-17,19H,2-6,9,18H2,1H3. The third-order valence-corrected chi connectivity index (χ3v) is 9.93. The van der Waals surface area contributed by atoms with Crippen LogP contribution in [0.4, 0.5) is 5.69 Å². The molecule has 0 N–H and O–H groups in total. The van der Waals surface area contributed by atoms with E-state index < -0.39 is 25.0 Å². The average molecular weight is 505 g/mol. The highest BCUT2D eigenvalue weighted by Gasteiger charge is 2.36. The number of nitrogens with zero attached hydrogens (tertiary/aromatic N) is 2. The number of fused-ring (bicyclic) bond motifs is 1. The second-order valence-electron chi connectivity index (χ2n) is 8.03. The zero-order chi connectivity index (χ0) is 24.8. The first-order valence-electron chi connectivity index (χ1n) is 11.2. The predicted molar refractivity (Wildman–Crippen MR) is 131 cm³/mol. The molecule has 0 unspecified atom stereocenters. The first-order valence-corrected chi connectivity index (χ1v) is 14.1. The number of unbranched alkanes of at least 4 members (excludes halogenated alkanes) is 5. The molecule has 0 atom stereocenters. The molecule has 0 aliphatic heterocycles. The Morgan fingerprint density at radius 2 is 1.29 bits per heavy atom. The molecule has 0 radical (unpaired) electrons. The molecule has 34 heavy (non-hydrogen) atoms. The van der Waals surface area contributed by atoms with Crippen LogP contribution in [0.5, 0.6) is 0 Å². The first kappa shape index (κ1) is 25.8. The molecule has 0 fully saturated rings. The quantitative estimate of drug-likeness (QED) is 0.183. The Morgan fingerprint density at radius 3 is 1.94 bits per heavy atom. The van der Waals surface area contributed by atoms with Gasteiger partial charge in [0.05, 0.1) is 14.7 Å². The Hall–Kier alpha value is -2.82. The van der Waals surface area contributed by atoms with Gasteiger partial charge in [0.25, 0.3) is 25.7 Å². The van der Waals surface area contributed by atoms with Crippen LogP contribution in [0.25, 0.3) is 10.8 Å². The van der Waals surface area contributed by atoms with Gasteiger partial charge >= 0.3 is 0 Å². The van der Waals surface area contributed by atoms with Gasteiger partial charge in [-0.25, -0.2) is 16.8 Å².